The molecule has 0 spiro atoms. The molecule has 2 aromatic rings. The molecule has 1 aliphatic carbocycles. The van der Waals surface area contributed by atoms with E-state index in [-0.39, 0.29) is 17.3 Å². The van der Waals surface area contributed by atoms with Gasteiger partial charge in [-0.2, -0.15) is 18.2 Å². The van der Waals surface area contributed by atoms with Gasteiger partial charge in [-0.05, 0) is 36.6 Å². The van der Waals surface area contributed by atoms with Crippen molar-refractivity contribution in [1.82, 2.24) is 10.1 Å². The van der Waals surface area contributed by atoms with E-state index in [1.165, 1.54) is 0 Å². The zero-order valence-corrected chi connectivity index (χ0v) is 10.7. The summed E-state index contributed by atoms with van der Waals surface area (Å²) in [5.41, 5.74) is 4.66. The number of nitrogens with zero attached hydrogens (tertiary/aromatic N) is 2. The summed E-state index contributed by atoms with van der Waals surface area (Å²) < 4.78 is 56.4. The quantitative estimate of drug-likeness (QED) is 0.884. The summed E-state index contributed by atoms with van der Waals surface area (Å²) >= 11 is 0. The van der Waals surface area contributed by atoms with E-state index in [9.17, 15) is 17.6 Å². The first kappa shape index (κ1) is 14.0. The Kier molecular flexibility index (Phi) is 3.20. The first-order valence-corrected chi connectivity index (χ1v) is 6.31. The van der Waals surface area contributed by atoms with Gasteiger partial charge in [0.1, 0.15) is 5.82 Å². The fourth-order valence-corrected chi connectivity index (χ4v) is 1.97. The Hall–Kier alpha value is -1.96. The molecule has 1 saturated carbocycles. The molecular formula is C13H11F4N3O. The Morgan fingerprint density at radius 3 is 2.57 bits per heavy atom. The van der Waals surface area contributed by atoms with Crippen molar-refractivity contribution in [2.45, 2.75) is 31.0 Å². The molecule has 1 aromatic carbocycles. The lowest BCUT2D eigenvalue weighted by Crippen LogP contribution is -2.16. The van der Waals surface area contributed by atoms with Crippen LogP contribution in [0.4, 0.5) is 17.6 Å². The van der Waals surface area contributed by atoms with Crippen molar-refractivity contribution in [2.75, 3.05) is 0 Å². The van der Waals surface area contributed by atoms with Crippen molar-refractivity contribution in [2.24, 2.45) is 5.73 Å². The number of nitrogens with two attached hydrogens (primary N) is 1. The maximum absolute atomic E-state index is 13.4. The third kappa shape index (κ3) is 2.90. The van der Waals surface area contributed by atoms with Gasteiger partial charge in [-0.25, -0.2) is 4.39 Å². The zero-order valence-electron chi connectivity index (χ0n) is 10.7. The molecule has 0 radical (unpaired) electrons. The van der Waals surface area contributed by atoms with E-state index in [2.05, 4.69) is 10.1 Å². The number of hydrogen-bond donors (Lipinski definition) is 1. The number of aromatic nitrogens is 2. The van der Waals surface area contributed by atoms with E-state index in [0.717, 1.165) is 25.0 Å². The molecule has 0 amide bonds. The number of alkyl halides is 3. The van der Waals surface area contributed by atoms with Crippen LogP contribution >= 0.6 is 0 Å². The van der Waals surface area contributed by atoms with Gasteiger partial charge >= 0.3 is 6.18 Å². The average molecular weight is 301 g/mol. The van der Waals surface area contributed by atoms with Gasteiger partial charge in [-0.1, -0.05) is 5.16 Å². The highest BCUT2D eigenvalue weighted by molar-refractivity contribution is 5.31. The number of halogens is 4. The first-order chi connectivity index (χ1) is 9.84. The molecule has 3 rings (SSSR count). The van der Waals surface area contributed by atoms with Gasteiger partial charge in [0.25, 0.3) is 0 Å². The van der Waals surface area contributed by atoms with Crippen molar-refractivity contribution in [3.05, 3.63) is 46.9 Å². The topological polar surface area (TPSA) is 64.9 Å². The predicted molar refractivity (Wildman–Crippen MR) is 63.7 cm³/mol. The van der Waals surface area contributed by atoms with Gasteiger partial charge in [-0.3, -0.25) is 0 Å². The van der Waals surface area contributed by atoms with Crippen LogP contribution in [-0.4, -0.2) is 10.1 Å². The molecule has 1 atom stereocenters. The summed E-state index contributed by atoms with van der Waals surface area (Å²) in [5.74, 6) is -0.332. The molecular weight excluding hydrogens is 290 g/mol. The molecule has 1 fully saturated rings. The lowest BCUT2D eigenvalue weighted by atomic mass is 10.0. The lowest BCUT2D eigenvalue weighted by molar-refractivity contribution is -0.137. The Bertz CT molecular complexity index is 664. The molecule has 21 heavy (non-hydrogen) atoms. The molecule has 0 saturated heterocycles. The van der Waals surface area contributed by atoms with E-state index in [1.54, 1.807) is 0 Å². The van der Waals surface area contributed by atoms with Crippen LogP contribution in [0.3, 0.4) is 0 Å². The number of benzene rings is 1. The Labute approximate surface area is 116 Å². The molecule has 1 aliphatic rings. The van der Waals surface area contributed by atoms with Crippen LogP contribution in [0.1, 0.15) is 47.6 Å². The van der Waals surface area contributed by atoms with Crippen molar-refractivity contribution >= 4 is 0 Å². The average Bonchev–Trinajstić information content (AvgIpc) is 3.14. The predicted octanol–water partition coefficient (Wildman–Crippen LogP) is 3.15. The highest BCUT2D eigenvalue weighted by Crippen LogP contribution is 2.39. The second-order valence-corrected chi connectivity index (χ2v) is 5.01. The largest absolute Gasteiger partial charge is 0.416 e. The molecule has 112 valence electrons. The number of rotatable bonds is 3. The first-order valence-electron chi connectivity index (χ1n) is 6.31. The minimum atomic E-state index is -4.65. The fraction of sp³-hybridized carbons (Fsp3) is 0.385. The summed E-state index contributed by atoms with van der Waals surface area (Å²) in [7, 11) is 0. The normalized spacial score (nSPS) is 17.0. The standard InChI is InChI=1S/C13H11F4N3O/c14-9-4-7(3-8(5-9)13(15,16)17)10(18)11-19-12(21-20-11)6-1-2-6/h3-6,10H,1-2,18H2. The van der Waals surface area contributed by atoms with Gasteiger partial charge in [0.15, 0.2) is 5.82 Å². The summed E-state index contributed by atoms with van der Waals surface area (Å²) in [6, 6.07) is 1.08. The van der Waals surface area contributed by atoms with E-state index < -0.39 is 23.6 Å². The minimum Gasteiger partial charge on any atom is -0.339 e. The van der Waals surface area contributed by atoms with E-state index in [4.69, 9.17) is 10.3 Å². The molecule has 1 heterocycles. The third-order valence-corrected chi connectivity index (χ3v) is 3.27. The molecule has 1 unspecified atom stereocenters. The maximum Gasteiger partial charge on any atom is 0.416 e. The second kappa shape index (κ2) is 4.80. The van der Waals surface area contributed by atoms with Crippen LogP contribution in [0.15, 0.2) is 22.7 Å². The van der Waals surface area contributed by atoms with E-state index >= 15 is 0 Å². The van der Waals surface area contributed by atoms with Gasteiger partial charge in [0.2, 0.25) is 5.89 Å². The Morgan fingerprint density at radius 2 is 1.95 bits per heavy atom. The molecule has 8 heteroatoms. The Balaban J connectivity index is 1.92. The highest BCUT2D eigenvalue weighted by Gasteiger charge is 2.33. The van der Waals surface area contributed by atoms with Crippen molar-refractivity contribution in [3.63, 3.8) is 0 Å². The second-order valence-electron chi connectivity index (χ2n) is 5.01. The van der Waals surface area contributed by atoms with Crippen LogP contribution in [0.25, 0.3) is 0 Å². The van der Waals surface area contributed by atoms with Crippen molar-refractivity contribution in [3.8, 4) is 0 Å². The van der Waals surface area contributed by atoms with E-state index in [1.807, 2.05) is 0 Å². The SMILES string of the molecule is NC(c1cc(F)cc(C(F)(F)F)c1)c1noc(C2CC2)n1. The van der Waals surface area contributed by atoms with Gasteiger partial charge in [0.05, 0.1) is 11.6 Å². The van der Waals surface area contributed by atoms with Crippen LogP contribution in [0.5, 0.6) is 0 Å². The van der Waals surface area contributed by atoms with Crippen LogP contribution < -0.4 is 5.73 Å². The summed E-state index contributed by atoms with van der Waals surface area (Å²) in [6.45, 7) is 0. The highest BCUT2D eigenvalue weighted by atomic mass is 19.4. The number of hydrogen-bond acceptors (Lipinski definition) is 4. The molecule has 0 aliphatic heterocycles. The van der Waals surface area contributed by atoms with Crippen LogP contribution in [0.2, 0.25) is 0 Å². The van der Waals surface area contributed by atoms with Gasteiger partial charge < -0.3 is 10.3 Å². The van der Waals surface area contributed by atoms with Crippen molar-refractivity contribution < 1.29 is 22.1 Å². The monoisotopic (exact) mass is 301 g/mol. The summed E-state index contributed by atoms with van der Waals surface area (Å²) in [6.07, 6.45) is -2.77. The third-order valence-electron chi connectivity index (χ3n) is 3.27. The van der Waals surface area contributed by atoms with Gasteiger partial charge in [-0.15, -0.1) is 0 Å². The van der Waals surface area contributed by atoms with E-state index in [0.29, 0.717) is 12.0 Å². The van der Waals surface area contributed by atoms with Crippen LogP contribution in [-0.2, 0) is 6.18 Å². The molecule has 0 bridgehead atoms. The summed E-state index contributed by atoms with van der Waals surface area (Å²) in [5, 5.41) is 3.66. The molecule has 2 N–H and O–H groups in total. The zero-order chi connectivity index (χ0) is 15.2. The minimum absolute atomic E-state index is 0.0505. The molecule has 1 aromatic heterocycles. The Morgan fingerprint density at radius 1 is 1.24 bits per heavy atom. The summed E-state index contributed by atoms with van der Waals surface area (Å²) in [4.78, 5) is 4.06. The van der Waals surface area contributed by atoms with Crippen LogP contribution in [0, 0.1) is 5.82 Å². The lowest BCUT2D eigenvalue weighted by Gasteiger charge is -2.12. The van der Waals surface area contributed by atoms with Crippen molar-refractivity contribution in [1.29, 1.82) is 0 Å². The maximum atomic E-state index is 13.4. The van der Waals surface area contributed by atoms with Gasteiger partial charge in [0, 0.05) is 5.92 Å². The fourth-order valence-electron chi connectivity index (χ4n) is 1.97. The smallest absolute Gasteiger partial charge is 0.339 e. The molecule has 4 nitrogen and oxygen atoms in total.